The third-order valence-corrected chi connectivity index (χ3v) is 6.60. The fourth-order valence-electron chi connectivity index (χ4n) is 3.35. The predicted molar refractivity (Wildman–Crippen MR) is 125 cm³/mol. The molecule has 1 aliphatic rings. The minimum absolute atomic E-state index is 0.0440. The van der Waals surface area contributed by atoms with Crippen LogP contribution in [-0.2, 0) is 10.5 Å². The van der Waals surface area contributed by atoms with Gasteiger partial charge in [-0.25, -0.2) is 28.5 Å². The van der Waals surface area contributed by atoms with Gasteiger partial charge in [0.05, 0.1) is 0 Å². The molecule has 3 heterocycles. The number of likely N-dealkylation sites (tertiary alicyclic amines) is 1. The van der Waals surface area contributed by atoms with Crippen LogP contribution in [0.3, 0.4) is 0 Å². The normalized spacial score (nSPS) is 16.4. The fourth-order valence-corrected chi connectivity index (χ4v) is 4.89. The summed E-state index contributed by atoms with van der Waals surface area (Å²) in [7, 11) is 0. The Labute approximate surface area is 197 Å². The minimum Gasteiger partial charge on any atom is -0.444 e. The third-order valence-electron chi connectivity index (χ3n) is 4.82. The smallest absolute Gasteiger partial charge is 0.410 e. The molecule has 0 radical (unpaired) electrons. The van der Waals surface area contributed by atoms with Crippen molar-refractivity contribution < 1.29 is 18.3 Å². The number of fused-ring (bicyclic) bond motifs is 1. The Kier molecular flexibility index (Phi) is 6.57. The zero-order valence-electron chi connectivity index (χ0n) is 18.4. The van der Waals surface area contributed by atoms with E-state index in [1.54, 1.807) is 4.90 Å². The van der Waals surface area contributed by atoms with Crippen LogP contribution in [0.1, 0.15) is 32.8 Å². The summed E-state index contributed by atoms with van der Waals surface area (Å²) in [5, 5.41) is 4.08. The van der Waals surface area contributed by atoms with Crippen LogP contribution in [0, 0.1) is 11.6 Å². The highest BCUT2D eigenvalue weighted by molar-refractivity contribution is 7.98. The number of amides is 1. The first-order valence-electron chi connectivity index (χ1n) is 10.3. The average Bonchev–Trinajstić information content (AvgIpc) is 3.34. The van der Waals surface area contributed by atoms with E-state index in [-0.39, 0.29) is 23.5 Å². The number of anilines is 2. The summed E-state index contributed by atoms with van der Waals surface area (Å²) < 4.78 is 33.7. The summed E-state index contributed by atoms with van der Waals surface area (Å²) in [6, 6.07) is 4.02. The van der Waals surface area contributed by atoms with Crippen LogP contribution in [-0.4, -0.2) is 50.7 Å². The number of nitrogens with one attached hydrogen (secondary N) is 1. The predicted octanol–water partition coefficient (Wildman–Crippen LogP) is 4.66. The van der Waals surface area contributed by atoms with Gasteiger partial charge in [-0.15, -0.1) is 0 Å². The lowest BCUT2D eigenvalue weighted by Gasteiger charge is -2.24. The van der Waals surface area contributed by atoms with E-state index in [4.69, 9.17) is 10.5 Å². The van der Waals surface area contributed by atoms with Gasteiger partial charge in [-0.3, -0.25) is 0 Å². The number of ether oxygens (including phenoxy) is 1. The fraction of sp³-hybridized carbons (Fsp3) is 0.429. The van der Waals surface area contributed by atoms with Crippen molar-refractivity contribution in [3.63, 3.8) is 0 Å². The number of thiazole rings is 1. The number of carbonyl (C=O) groups excluding carboxylic acids is 1. The Morgan fingerprint density at radius 2 is 2.12 bits per heavy atom. The molecule has 3 aromatic rings. The number of nitrogens with two attached hydrogens (primary N) is 1. The van der Waals surface area contributed by atoms with E-state index in [0.29, 0.717) is 39.5 Å². The molecule has 0 bridgehead atoms. The topological polar surface area (TPSA) is 106 Å². The lowest BCUT2D eigenvalue weighted by molar-refractivity contribution is 0.0293. The van der Waals surface area contributed by atoms with Gasteiger partial charge in [-0.1, -0.05) is 35.2 Å². The van der Waals surface area contributed by atoms with Gasteiger partial charge in [-0.2, -0.15) is 0 Å². The molecule has 4 rings (SSSR count). The SMILES string of the molecule is CC(C)(C)OC(=O)N1CC[C@@H](Nc2nc(SCc3cccc(F)c3F)nc3nc(N)sc23)C1. The molecule has 0 saturated carbocycles. The Morgan fingerprint density at radius 3 is 2.88 bits per heavy atom. The second-order valence-corrected chi connectivity index (χ2v) is 10.6. The summed E-state index contributed by atoms with van der Waals surface area (Å²) in [6.07, 6.45) is 0.366. The monoisotopic (exact) mass is 494 g/mol. The van der Waals surface area contributed by atoms with Crippen LogP contribution in [0.5, 0.6) is 0 Å². The molecule has 0 spiro atoms. The third kappa shape index (κ3) is 5.61. The lowest BCUT2D eigenvalue weighted by atomic mass is 10.2. The Hall–Kier alpha value is -2.73. The van der Waals surface area contributed by atoms with Crippen molar-refractivity contribution in [3.05, 3.63) is 35.4 Å². The molecule has 1 fully saturated rings. The largest absolute Gasteiger partial charge is 0.444 e. The summed E-state index contributed by atoms with van der Waals surface area (Å²) in [5.74, 6) is -1.07. The van der Waals surface area contributed by atoms with Crippen molar-refractivity contribution in [2.45, 2.75) is 49.7 Å². The zero-order chi connectivity index (χ0) is 23.8. The van der Waals surface area contributed by atoms with Crippen molar-refractivity contribution in [2.75, 3.05) is 24.1 Å². The maximum Gasteiger partial charge on any atom is 0.410 e. The maximum absolute atomic E-state index is 14.0. The second-order valence-electron chi connectivity index (χ2n) is 8.62. The molecular formula is C21H24F2N6O2S2. The summed E-state index contributed by atoms with van der Waals surface area (Å²) >= 11 is 2.43. The zero-order valence-corrected chi connectivity index (χ0v) is 20.0. The number of aromatic nitrogens is 3. The highest BCUT2D eigenvalue weighted by Crippen LogP contribution is 2.33. The van der Waals surface area contributed by atoms with E-state index < -0.39 is 17.2 Å². The number of halogens is 2. The van der Waals surface area contributed by atoms with Crippen LogP contribution >= 0.6 is 23.1 Å². The van der Waals surface area contributed by atoms with Crippen LogP contribution in [0.4, 0.5) is 24.5 Å². The lowest BCUT2D eigenvalue weighted by Crippen LogP contribution is -2.36. The van der Waals surface area contributed by atoms with Crippen molar-refractivity contribution in [1.29, 1.82) is 0 Å². The second kappa shape index (κ2) is 9.26. The van der Waals surface area contributed by atoms with Gasteiger partial charge in [0.25, 0.3) is 0 Å². The van der Waals surface area contributed by atoms with E-state index in [9.17, 15) is 13.6 Å². The van der Waals surface area contributed by atoms with Crippen LogP contribution in [0.2, 0.25) is 0 Å². The standard InChI is InChI=1S/C21H24F2N6O2S2/c1-21(2,3)31-20(30)29-8-7-12(9-29)25-16-15-17(26-18(24)33-15)28-19(27-16)32-10-11-5-4-6-13(22)14(11)23/h4-6,12H,7-10H2,1-3H3,(H3,24,25,26,27,28)/t12-/m1/s1. The highest BCUT2D eigenvalue weighted by Gasteiger charge is 2.30. The van der Waals surface area contributed by atoms with Crippen molar-refractivity contribution >= 4 is 50.5 Å². The van der Waals surface area contributed by atoms with Crippen LogP contribution < -0.4 is 11.1 Å². The number of carbonyl (C=O) groups is 1. The molecule has 12 heteroatoms. The van der Waals surface area contributed by atoms with Crippen molar-refractivity contribution in [3.8, 4) is 0 Å². The van der Waals surface area contributed by atoms with Gasteiger partial charge in [0, 0.05) is 30.4 Å². The molecule has 8 nitrogen and oxygen atoms in total. The molecule has 2 aromatic heterocycles. The van der Waals surface area contributed by atoms with Crippen LogP contribution in [0.15, 0.2) is 23.4 Å². The number of nitrogens with zero attached hydrogens (tertiary/aromatic N) is 4. The molecule has 1 amide bonds. The molecule has 176 valence electrons. The number of hydrogen-bond donors (Lipinski definition) is 2. The van der Waals surface area contributed by atoms with Crippen molar-refractivity contribution in [1.82, 2.24) is 19.9 Å². The number of rotatable bonds is 5. The van der Waals surface area contributed by atoms with Crippen molar-refractivity contribution in [2.24, 2.45) is 0 Å². The first-order chi connectivity index (χ1) is 15.6. The molecule has 1 saturated heterocycles. The van der Waals surface area contributed by atoms with Gasteiger partial charge >= 0.3 is 6.09 Å². The van der Waals surface area contributed by atoms with Gasteiger partial charge in [0.1, 0.15) is 10.3 Å². The van der Waals surface area contributed by atoms with E-state index >= 15 is 0 Å². The van der Waals surface area contributed by atoms with E-state index in [0.717, 1.165) is 12.5 Å². The Morgan fingerprint density at radius 1 is 1.33 bits per heavy atom. The van der Waals surface area contributed by atoms with E-state index in [1.165, 1.54) is 35.2 Å². The molecule has 1 aliphatic heterocycles. The molecule has 3 N–H and O–H groups in total. The first-order valence-corrected chi connectivity index (χ1v) is 12.1. The number of benzene rings is 1. The minimum atomic E-state index is -0.894. The van der Waals surface area contributed by atoms with Gasteiger partial charge in [0.2, 0.25) is 0 Å². The maximum atomic E-state index is 14.0. The molecule has 1 atom stereocenters. The summed E-state index contributed by atoms with van der Waals surface area (Å²) in [5.41, 5.74) is 5.98. The molecule has 0 aliphatic carbocycles. The number of hydrogen-bond acceptors (Lipinski definition) is 9. The number of nitrogen functional groups attached to an aromatic ring is 1. The Bertz CT molecular complexity index is 1180. The van der Waals surface area contributed by atoms with Gasteiger partial charge in [0.15, 0.2) is 33.4 Å². The van der Waals surface area contributed by atoms with Gasteiger partial charge in [-0.05, 0) is 33.3 Å². The molecule has 33 heavy (non-hydrogen) atoms. The first kappa shape index (κ1) is 23.4. The van der Waals surface area contributed by atoms with E-state index in [2.05, 4.69) is 20.3 Å². The summed E-state index contributed by atoms with van der Waals surface area (Å²) in [4.78, 5) is 27.3. The quantitative estimate of drug-likeness (QED) is 0.390. The number of thioether (sulfide) groups is 1. The average molecular weight is 495 g/mol. The van der Waals surface area contributed by atoms with E-state index in [1.807, 2.05) is 20.8 Å². The Balaban J connectivity index is 1.50. The van der Waals surface area contributed by atoms with Crippen LogP contribution in [0.25, 0.3) is 10.3 Å². The van der Waals surface area contributed by atoms with Gasteiger partial charge < -0.3 is 20.7 Å². The summed E-state index contributed by atoms with van der Waals surface area (Å²) in [6.45, 7) is 6.52. The highest BCUT2D eigenvalue weighted by atomic mass is 32.2. The molecule has 0 unspecified atom stereocenters. The molecular weight excluding hydrogens is 470 g/mol. The molecule has 1 aromatic carbocycles.